The fourth-order valence-electron chi connectivity index (χ4n) is 0. The van der Waals surface area contributed by atoms with Crippen LogP contribution in [0.2, 0.25) is 0 Å². The topological polar surface area (TPSA) is 60.7 Å². The van der Waals surface area contributed by atoms with Gasteiger partial charge in [-0.25, -0.2) is 0 Å². The Morgan fingerprint density at radius 3 is 1.00 bits per heavy atom. The summed E-state index contributed by atoms with van der Waals surface area (Å²) in [6.45, 7) is 0. The molecule has 5 heteroatoms. The Kier molecular flexibility index (Phi) is 9.50. The van der Waals surface area contributed by atoms with Gasteiger partial charge in [0.2, 0.25) is 0 Å². The molecular weight excluding hydrogens is 276 g/mol. The summed E-state index contributed by atoms with van der Waals surface area (Å²) in [5.74, 6) is 0. The first-order valence-corrected chi connectivity index (χ1v) is 1.80. The van der Waals surface area contributed by atoms with Crippen molar-refractivity contribution < 1.29 is 37.1 Å². The molecule has 0 rings (SSSR count). The molecule has 5 heavy (non-hydrogen) atoms. The molecule has 0 spiro atoms. The fourth-order valence-corrected chi connectivity index (χ4v) is 0. The molecule has 0 heterocycles. The van der Waals surface area contributed by atoms with Gasteiger partial charge in [-0.05, 0) is 0 Å². The van der Waals surface area contributed by atoms with Gasteiger partial charge in [-0.1, -0.05) is 0 Å². The van der Waals surface area contributed by atoms with E-state index in [0.29, 0.717) is 0 Å². The molecule has 0 aliphatic carbocycles. The van der Waals surface area contributed by atoms with Crippen molar-refractivity contribution in [1.82, 2.24) is 0 Å². The predicted molar refractivity (Wildman–Crippen MR) is 13.6 cm³/mol. The van der Waals surface area contributed by atoms with E-state index < -0.39 is 8.60 Å². The molecule has 37 valence electrons. The monoisotopic (exact) mass is 279 g/mol. The zero-order chi connectivity index (χ0) is 3.58. The Hall–Kier alpha value is 1.05. The van der Waals surface area contributed by atoms with Crippen molar-refractivity contribution in [3.8, 4) is 0 Å². The van der Waals surface area contributed by atoms with Crippen LogP contribution in [0.4, 0.5) is 0 Å². The molecule has 0 atom stereocenters. The van der Waals surface area contributed by atoms with Gasteiger partial charge in [0, 0.05) is 22.4 Å². The SMILES string of the molecule is OP(O)O.[Au]. The van der Waals surface area contributed by atoms with Crippen LogP contribution >= 0.6 is 8.60 Å². The van der Waals surface area contributed by atoms with Gasteiger partial charge >= 0.3 is 8.60 Å². The zero-order valence-electron chi connectivity index (χ0n) is 2.09. The summed E-state index contributed by atoms with van der Waals surface area (Å²) in [6.07, 6.45) is 0. The van der Waals surface area contributed by atoms with E-state index in [-0.39, 0.29) is 22.4 Å². The first-order chi connectivity index (χ1) is 1.73. The maximum atomic E-state index is 7.23. The van der Waals surface area contributed by atoms with Crippen LogP contribution in [0.15, 0.2) is 0 Å². The first kappa shape index (κ1) is 9.41. The summed E-state index contributed by atoms with van der Waals surface area (Å²) >= 11 is 0. The van der Waals surface area contributed by atoms with Gasteiger partial charge in [-0.3, -0.25) is 0 Å². The summed E-state index contributed by atoms with van der Waals surface area (Å²) in [7, 11) is -2.62. The summed E-state index contributed by atoms with van der Waals surface area (Å²) < 4.78 is 0. The second-order valence-electron chi connectivity index (χ2n) is 0.268. The molecule has 1 radical (unpaired) electrons. The van der Waals surface area contributed by atoms with Crippen molar-refractivity contribution in [2.24, 2.45) is 0 Å². The molecule has 0 saturated carbocycles. The van der Waals surface area contributed by atoms with Gasteiger partial charge < -0.3 is 14.7 Å². The minimum absolute atomic E-state index is 0. The second-order valence-corrected chi connectivity index (χ2v) is 0.805. The Balaban J connectivity index is 0. The van der Waals surface area contributed by atoms with Crippen molar-refractivity contribution in [2.75, 3.05) is 0 Å². The Morgan fingerprint density at radius 1 is 1.00 bits per heavy atom. The third kappa shape index (κ3) is 42.6. The van der Waals surface area contributed by atoms with Crippen molar-refractivity contribution in [3.05, 3.63) is 0 Å². The molecule has 0 saturated heterocycles. The summed E-state index contributed by atoms with van der Waals surface area (Å²) in [4.78, 5) is 21.7. The molecule has 0 bridgehead atoms. The van der Waals surface area contributed by atoms with Gasteiger partial charge in [0.05, 0.1) is 0 Å². The molecule has 3 N–H and O–H groups in total. The van der Waals surface area contributed by atoms with Crippen molar-refractivity contribution in [1.29, 1.82) is 0 Å². The third-order valence-corrected chi connectivity index (χ3v) is 0. The van der Waals surface area contributed by atoms with Crippen LogP contribution in [0.5, 0.6) is 0 Å². The smallest absolute Gasteiger partial charge is 0.324 e. The Labute approximate surface area is 46.2 Å². The van der Waals surface area contributed by atoms with E-state index in [4.69, 9.17) is 14.7 Å². The average molecular weight is 279 g/mol. The fraction of sp³-hybridized carbons (Fsp3) is 0. The molecular formula is H3AuO3P. The van der Waals surface area contributed by atoms with Gasteiger partial charge in [0.1, 0.15) is 0 Å². The van der Waals surface area contributed by atoms with E-state index in [2.05, 4.69) is 0 Å². The van der Waals surface area contributed by atoms with Crippen LogP contribution < -0.4 is 0 Å². The molecule has 3 nitrogen and oxygen atoms in total. The summed E-state index contributed by atoms with van der Waals surface area (Å²) in [5, 5.41) is 0. The van der Waals surface area contributed by atoms with E-state index in [1.165, 1.54) is 0 Å². The number of hydrogen-bond acceptors (Lipinski definition) is 3. The molecule has 0 amide bonds. The van der Waals surface area contributed by atoms with E-state index in [0.717, 1.165) is 0 Å². The second kappa shape index (κ2) is 5.05. The summed E-state index contributed by atoms with van der Waals surface area (Å²) in [5.41, 5.74) is 0. The van der Waals surface area contributed by atoms with Crippen LogP contribution in [0.3, 0.4) is 0 Å². The van der Waals surface area contributed by atoms with E-state index in [9.17, 15) is 0 Å². The Bertz CT molecular complexity index is 11.6. The molecule has 0 unspecified atom stereocenters. The van der Waals surface area contributed by atoms with Crippen LogP contribution in [0.1, 0.15) is 0 Å². The molecule has 0 aliphatic rings. The molecule has 0 aromatic heterocycles. The first-order valence-electron chi connectivity index (χ1n) is 0.600. The van der Waals surface area contributed by atoms with Gasteiger partial charge in [-0.2, -0.15) is 0 Å². The minimum Gasteiger partial charge on any atom is -0.328 e. The zero-order valence-corrected chi connectivity index (χ0v) is 5.15. The number of hydrogen-bond donors (Lipinski definition) is 3. The van der Waals surface area contributed by atoms with Crippen LogP contribution in [-0.4, -0.2) is 14.7 Å². The van der Waals surface area contributed by atoms with Gasteiger partial charge in [-0.15, -0.1) is 0 Å². The van der Waals surface area contributed by atoms with Crippen LogP contribution in [0, 0.1) is 0 Å². The van der Waals surface area contributed by atoms with Crippen LogP contribution in [0.25, 0.3) is 0 Å². The standard InChI is InChI=1S/Au.H3O3P/c;1-4(2)3/h;1-3H. The normalized spacial score (nSPS) is 7.20. The van der Waals surface area contributed by atoms with Crippen molar-refractivity contribution in [3.63, 3.8) is 0 Å². The quantitative estimate of drug-likeness (QED) is 0.401. The Morgan fingerprint density at radius 2 is 1.00 bits per heavy atom. The largest absolute Gasteiger partial charge is 0.328 e. The minimum atomic E-state index is -2.62. The molecule has 0 aliphatic heterocycles. The molecule has 0 aromatic rings. The van der Waals surface area contributed by atoms with Gasteiger partial charge in [0.15, 0.2) is 0 Å². The number of rotatable bonds is 0. The third-order valence-electron chi connectivity index (χ3n) is 0. The van der Waals surface area contributed by atoms with E-state index >= 15 is 0 Å². The van der Waals surface area contributed by atoms with E-state index in [1.807, 2.05) is 0 Å². The van der Waals surface area contributed by atoms with Crippen molar-refractivity contribution >= 4 is 8.60 Å². The van der Waals surface area contributed by atoms with Gasteiger partial charge in [0.25, 0.3) is 0 Å². The predicted octanol–water partition coefficient (Wildman–Crippen LogP) is -0.812. The van der Waals surface area contributed by atoms with Crippen molar-refractivity contribution in [2.45, 2.75) is 0 Å². The van der Waals surface area contributed by atoms with Crippen LogP contribution in [-0.2, 0) is 22.4 Å². The molecule has 0 fully saturated rings. The van der Waals surface area contributed by atoms with E-state index in [1.54, 1.807) is 0 Å². The molecule has 0 aromatic carbocycles. The maximum absolute atomic E-state index is 7.23. The maximum Gasteiger partial charge on any atom is 0.324 e. The average Bonchev–Trinajstić information content (AvgIpc) is 0.811. The summed E-state index contributed by atoms with van der Waals surface area (Å²) in [6, 6.07) is 0.